The molecule has 0 saturated carbocycles. The molecule has 0 fully saturated rings. The molecule has 1 heterocycles. The van der Waals surface area contributed by atoms with Crippen molar-refractivity contribution in [2.75, 3.05) is 11.9 Å². The van der Waals surface area contributed by atoms with E-state index in [0.29, 0.717) is 11.0 Å². The van der Waals surface area contributed by atoms with E-state index >= 15 is 0 Å². The van der Waals surface area contributed by atoms with Gasteiger partial charge in [0.25, 0.3) is 0 Å². The first-order chi connectivity index (χ1) is 6.72. The number of aryl methyl sites for hydroxylation is 1. The van der Waals surface area contributed by atoms with Crippen LogP contribution in [0.3, 0.4) is 0 Å². The van der Waals surface area contributed by atoms with E-state index in [4.69, 9.17) is 11.6 Å². The van der Waals surface area contributed by atoms with Crippen LogP contribution in [-0.2, 0) is 0 Å². The van der Waals surface area contributed by atoms with Crippen molar-refractivity contribution in [3.05, 3.63) is 17.0 Å². The van der Waals surface area contributed by atoms with E-state index in [-0.39, 0.29) is 0 Å². The Morgan fingerprint density at radius 2 is 2.14 bits per heavy atom. The van der Waals surface area contributed by atoms with Crippen LogP contribution >= 0.6 is 11.6 Å². The topological polar surface area (TPSA) is 37.8 Å². The highest BCUT2D eigenvalue weighted by Gasteiger charge is 1.98. The van der Waals surface area contributed by atoms with Gasteiger partial charge in [-0.3, -0.25) is 0 Å². The van der Waals surface area contributed by atoms with E-state index in [1.165, 1.54) is 12.8 Å². The number of hydrogen-bond acceptors (Lipinski definition) is 3. The molecule has 4 heteroatoms. The van der Waals surface area contributed by atoms with Gasteiger partial charge in [0.2, 0.25) is 0 Å². The Bertz CT molecular complexity index is 268. The van der Waals surface area contributed by atoms with Gasteiger partial charge in [-0.2, -0.15) is 0 Å². The van der Waals surface area contributed by atoms with E-state index in [1.807, 2.05) is 6.92 Å². The normalized spacial score (nSPS) is 10.2. The summed E-state index contributed by atoms with van der Waals surface area (Å²) in [6, 6.07) is 1.75. The number of unbranched alkanes of at least 4 members (excludes halogenated alkanes) is 2. The molecule has 14 heavy (non-hydrogen) atoms. The fourth-order valence-electron chi connectivity index (χ4n) is 1.21. The minimum absolute atomic E-state index is 0.496. The van der Waals surface area contributed by atoms with Gasteiger partial charge in [-0.25, -0.2) is 9.97 Å². The molecule has 0 unspecified atom stereocenters. The molecule has 0 atom stereocenters. The molecule has 78 valence electrons. The van der Waals surface area contributed by atoms with Gasteiger partial charge in [0.05, 0.1) is 0 Å². The fourth-order valence-corrected chi connectivity index (χ4v) is 1.44. The first-order valence-corrected chi connectivity index (χ1v) is 5.35. The molecular weight excluding hydrogens is 198 g/mol. The summed E-state index contributed by atoms with van der Waals surface area (Å²) < 4.78 is 0. The van der Waals surface area contributed by atoms with E-state index in [2.05, 4.69) is 22.2 Å². The number of nitrogens with one attached hydrogen (secondary N) is 1. The molecule has 0 radical (unpaired) electrons. The molecule has 3 nitrogen and oxygen atoms in total. The van der Waals surface area contributed by atoms with Crippen molar-refractivity contribution in [3.8, 4) is 0 Å². The number of nitrogens with zero attached hydrogens (tertiary/aromatic N) is 2. The van der Waals surface area contributed by atoms with E-state index < -0.39 is 0 Å². The Morgan fingerprint density at radius 1 is 1.36 bits per heavy atom. The molecule has 0 aliphatic carbocycles. The maximum Gasteiger partial charge on any atom is 0.134 e. The minimum atomic E-state index is 0.496. The number of anilines is 1. The summed E-state index contributed by atoms with van der Waals surface area (Å²) in [4.78, 5) is 8.22. The van der Waals surface area contributed by atoms with Crippen LogP contribution < -0.4 is 5.32 Å². The van der Waals surface area contributed by atoms with Gasteiger partial charge in [-0.15, -0.1) is 0 Å². The van der Waals surface area contributed by atoms with Crippen molar-refractivity contribution in [2.24, 2.45) is 0 Å². The summed E-state index contributed by atoms with van der Waals surface area (Å²) in [5.74, 6) is 1.52. The van der Waals surface area contributed by atoms with Crippen LogP contribution in [0.15, 0.2) is 6.07 Å². The third-order valence-corrected chi connectivity index (χ3v) is 2.09. The second-order valence-electron chi connectivity index (χ2n) is 3.26. The third kappa shape index (κ3) is 3.92. The molecule has 1 rings (SSSR count). The van der Waals surface area contributed by atoms with Crippen LogP contribution in [0.2, 0.25) is 5.15 Å². The Morgan fingerprint density at radius 3 is 2.79 bits per heavy atom. The average Bonchev–Trinajstić information content (AvgIpc) is 2.11. The molecule has 1 aromatic heterocycles. The highest BCUT2D eigenvalue weighted by Crippen LogP contribution is 2.11. The lowest BCUT2D eigenvalue weighted by Gasteiger charge is -2.05. The van der Waals surface area contributed by atoms with Crippen LogP contribution in [0, 0.1) is 6.92 Å². The average molecular weight is 214 g/mol. The zero-order valence-electron chi connectivity index (χ0n) is 8.68. The van der Waals surface area contributed by atoms with Crippen molar-refractivity contribution in [1.29, 1.82) is 0 Å². The highest BCUT2D eigenvalue weighted by molar-refractivity contribution is 6.29. The Hall–Kier alpha value is -0.830. The van der Waals surface area contributed by atoms with Crippen LogP contribution in [-0.4, -0.2) is 16.5 Å². The van der Waals surface area contributed by atoms with Gasteiger partial charge in [0.15, 0.2) is 0 Å². The molecule has 0 saturated heterocycles. The molecule has 0 spiro atoms. The number of hydrogen-bond donors (Lipinski definition) is 1. The van der Waals surface area contributed by atoms with Crippen molar-refractivity contribution in [2.45, 2.75) is 33.1 Å². The lowest BCUT2D eigenvalue weighted by atomic mass is 10.2. The summed E-state index contributed by atoms with van der Waals surface area (Å²) in [7, 11) is 0. The SMILES string of the molecule is CCCCCNc1cc(Cl)nc(C)n1. The maximum atomic E-state index is 5.80. The van der Waals surface area contributed by atoms with Gasteiger partial charge < -0.3 is 5.32 Å². The number of rotatable bonds is 5. The van der Waals surface area contributed by atoms with Crippen LogP contribution in [0.1, 0.15) is 32.0 Å². The quantitative estimate of drug-likeness (QED) is 0.604. The standard InChI is InChI=1S/C10H16ClN3/c1-3-4-5-6-12-10-7-9(11)13-8(2)14-10/h7H,3-6H2,1-2H3,(H,12,13,14). The molecule has 0 amide bonds. The predicted molar refractivity (Wildman–Crippen MR) is 59.8 cm³/mol. The summed E-state index contributed by atoms with van der Waals surface area (Å²) in [5.41, 5.74) is 0. The van der Waals surface area contributed by atoms with Crippen LogP contribution in [0.4, 0.5) is 5.82 Å². The van der Waals surface area contributed by atoms with Gasteiger partial charge in [0.1, 0.15) is 16.8 Å². The zero-order chi connectivity index (χ0) is 10.4. The first-order valence-electron chi connectivity index (χ1n) is 4.97. The fraction of sp³-hybridized carbons (Fsp3) is 0.600. The van der Waals surface area contributed by atoms with E-state index in [0.717, 1.165) is 18.8 Å². The van der Waals surface area contributed by atoms with Crippen molar-refractivity contribution < 1.29 is 0 Å². The van der Waals surface area contributed by atoms with Crippen LogP contribution in [0.5, 0.6) is 0 Å². The molecule has 1 N–H and O–H groups in total. The second-order valence-corrected chi connectivity index (χ2v) is 3.64. The summed E-state index contributed by atoms with van der Waals surface area (Å²) >= 11 is 5.80. The molecular formula is C10H16ClN3. The maximum absolute atomic E-state index is 5.80. The number of aromatic nitrogens is 2. The third-order valence-electron chi connectivity index (χ3n) is 1.89. The Balaban J connectivity index is 2.42. The molecule has 0 aliphatic rings. The monoisotopic (exact) mass is 213 g/mol. The highest BCUT2D eigenvalue weighted by atomic mass is 35.5. The number of halogens is 1. The molecule has 0 aliphatic heterocycles. The smallest absolute Gasteiger partial charge is 0.134 e. The van der Waals surface area contributed by atoms with E-state index in [9.17, 15) is 0 Å². The van der Waals surface area contributed by atoms with Gasteiger partial charge in [-0.05, 0) is 13.3 Å². The lowest BCUT2D eigenvalue weighted by molar-refractivity contribution is 0.742. The summed E-state index contributed by atoms with van der Waals surface area (Å²) in [5, 5.41) is 3.72. The van der Waals surface area contributed by atoms with Gasteiger partial charge in [0, 0.05) is 12.6 Å². The van der Waals surface area contributed by atoms with Crippen molar-refractivity contribution >= 4 is 17.4 Å². The van der Waals surface area contributed by atoms with Gasteiger partial charge in [-0.1, -0.05) is 31.4 Å². The zero-order valence-corrected chi connectivity index (χ0v) is 9.43. The largest absolute Gasteiger partial charge is 0.370 e. The molecule has 0 aromatic carbocycles. The second kappa shape index (κ2) is 5.81. The van der Waals surface area contributed by atoms with Crippen molar-refractivity contribution in [3.63, 3.8) is 0 Å². The Labute approximate surface area is 89.9 Å². The van der Waals surface area contributed by atoms with Gasteiger partial charge >= 0.3 is 0 Å². The minimum Gasteiger partial charge on any atom is -0.370 e. The van der Waals surface area contributed by atoms with Crippen LogP contribution in [0.25, 0.3) is 0 Å². The Kier molecular flexibility index (Phi) is 4.66. The van der Waals surface area contributed by atoms with Crippen molar-refractivity contribution in [1.82, 2.24) is 9.97 Å². The predicted octanol–water partition coefficient (Wildman–Crippen LogP) is 3.04. The molecule has 0 bridgehead atoms. The summed E-state index contributed by atoms with van der Waals surface area (Å²) in [6.07, 6.45) is 3.63. The van der Waals surface area contributed by atoms with E-state index in [1.54, 1.807) is 6.07 Å². The lowest BCUT2D eigenvalue weighted by Crippen LogP contribution is -2.04. The first kappa shape index (κ1) is 11.2. The summed E-state index contributed by atoms with van der Waals surface area (Å²) in [6.45, 7) is 4.97. The molecule has 1 aromatic rings.